The molecule has 1 unspecified atom stereocenters. The third-order valence-corrected chi connectivity index (χ3v) is 1.91. The molecule has 0 saturated heterocycles. The fourth-order valence-electron chi connectivity index (χ4n) is 0.891. The Morgan fingerprint density at radius 1 is 1.47 bits per heavy atom. The van der Waals surface area contributed by atoms with Gasteiger partial charge in [-0.1, -0.05) is 5.16 Å². The Bertz CT molecular complexity index is 387. The first-order valence-electron chi connectivity index (χ1n) is 4.15. The molecule has 7 nitrogen and oxygen atoms in total. The van der Waals surface area contributed by atoms with Gasteiger partial charge in [0.25, 0.3) is 0 Å². The van der Waals surface area contributed by atoms with Crippen molar-refractivity contribution in [2.45, 2.75) is 12.8 Å². The highest BCUT2D eigenvalue weighted by atomic mass is 16.4. The highest BCUT2D eigenvalue weighted by Crippen LogP contribution is 2.09. The molecular formula is C8H11N5O2. The van der Waals surface area contributed by atoms with Gasteiger partial charge in [0.15, 0.2) is 5.84 Å². The molecule has 1 amide bonds. The minimum Gasteiger partial charge on any atom is -0.409 e. The number of amidine groups is 1. The van der Waals surface area contributed by atoms with Gasteiger partial charge in [0.05, 0.1) is 24.0 Å². The summed E-state index contributed by atoms with van der Waals surface area (Å²) in [6, 6.07) is 0. The second kappa shape index (κ2) is 4.36. The summed E-state index contributed by atoms with van der Waals surface area (Å²) in [6.45, 7) is 1.62. The van der Waals surface area contributed by atoms with Crippen LogP contribution in [-0.4, -0.2) is 26.9 Å². The third kappa shape index (κ3) is 2.39. The molecule has 0 spiro atoms. The van der Waals surface area contributed by atoms with E-state index in [4.69, 9.17) is 16.7 Å². The summed E-state index contributed by atoms with van der Waals surface area (Å²) in [5.74, 6) is -1.14. The number of carbonyl (C=O) groups excluding carboxylic acids is 1. The molecule has 5 N–H and O–H groups in total. The molecule has 15 heavy (non-hydrogen) atoms. The van der Waals surface area contributed by atoms with Crippen molar-refractivity contribution in [3.05, 3.63) is 23.8 Å². The highest BCUT2D eigenvalue weighted by molar-refractivity contribution is 5.94. The van der Waals surface area contributed by atoms with Gasteiger partial charge in [-0.05, 0) is 6.92 Å². The Hall–Kier alpha value is -2.18. The van der Waals surface area contributed by atoms with Crippen LogP contribution in [0.3, 0.4) is 0 Å². The molecule has 7 heteroatoms. The molecule has 0 bridgehead atoms. The van der Waals surface area contributed by atoms with Crippen LogP contribution >= 0.6 is 0 Å². The van der Waals surface area contributed by atoms with Crippen LogP contribution in [0.1, 0.15) is 24.2 Å². The number of nitrogens with zero attached hydrogens (tertiary/aromatic N) is 3. The summed E-state index contributed by atoms with van der Waals surface area (Å²) in [7, 11) is 0. The van der Waals surface area contributed by atoms with E-state index in [1.54, 1.807) is 6.92 Å². The zero-order valence-electron chi connectivity index (χ0n) is 8.08. The molecule has 0 fully saturated rings. The van der Waals surface area contributed by atoms with Gasteiger partial charge in [-0.15, -0.1) is 0 Å². The second-order valence-corrected chi connectivity index (χ2v) is 2.94. The van der Waals surface area contributed by atoms with Crippen molar-refractivity contribution in [2.75, 3.05) is 0 Å². The number of nitrogens with two attached hydrogens (primary N) is 2. The van der Waals surface area contributed by atoms with Crippen LogP contribution in [0.4, 0.5) is 0 Å². The van der Waals surface area contributed by atoms with Gasteiger partial charge in [-0.3, -0.25) is 9.78 Å². The van der Waals surface area contributed by atoms with E-state index in [2.05, 4.69) is 15.1 Å². The van der Waals surface area contributed by atoms with Crippen molar-refractivity contribution < 1.29 is 10.0 Å². The van der Waals surface area contributed by atoms with Gasteiger partial charge in [-0.2, -0.15) is 0 Å². The second-order valence-electron chi connectivity index (χ2n) is 2.94. The predicted octanol–water partition coefficient (Wildman–Crippen LogP) is -0.840. The van der Waals surface area contributed by atoms with Crippen LogP contribution in [0.15, 0.2) is 17.5 Å². The monoisotopic (exact) mass is 209 g/mol. The Balaban J connectivity index is 2.95. The molecule has 0 aliphatic carbocycles. The zero-order valence-corrected chi connectivity index (χ0v) is 8.08. The summed E-state index contributed by atoms with van der Waals surface area (Å²) in [4.78, 5) is 18.6. The lowest BCUT2D eigenvalue weighted by atomic mass is 10.1. The first kappa shape index (κ1) is 10.9. The summed E-state index contributed by atoms with van der Waals surface area (Å²) in [6.07, 6.45) is 2.67. The Labute approximate surface area is 85.8 Å². The minimum atomic E-state index is -0.515. The van der Waals surface area contributed by atoms with Crippen LogP contribution in [0.5, 0.6) is 0 Å². The van der Waals surface area contributed by atoms with E-state index in [0.717, 1.165) is 0 Å². The van der Waals surface area contributed by atoms with Crippen molar-refractivity contribution >= 4 is 11.7 Å². The third-order valence-electron chi connectivity index (χ3n) is 1.91. The van der Waals surface area contributed by atoms with Crippen LogP contribution in [0, 0.1) is 0 Å². The topological polar surface area (TPSA) is 127 Å². The lowest BCUT2D eigenvalue weighted by molar-refractivity contribution is -0.119. The summed E-state index contributed by atoms with van der Waals surface area (Å²) >= 11 is 0. The summed E-state index contributed by atoms with van der Waals surface area (Å²) in [5, 5.41) is 11.1. The number of rotatable bonds is 3. The molecule has 0 saturated carbocycles. The van der Waals surface area contributed by atoms with Gasteiger partial charge in [0.2, 0.25) is 5.91 Å². The van der Waals surface area contributed by atoms with Gasteiger partial charge in [-0.25, -0.2) is 4.98 Å². The fraction of sp³-hybridized carbons (Fsp3) is 0.250. The average molecular weight is 209 g/mol. The van der Waals surface area contributed by atoms with E-state index in [-0.39, 0.29) is 11.5 Å². The average Bonchev–Trinajstić information content (AvgIpc) is 2.27. The molecule has 1 atom stereocenters. The minimum absolute atomic E-state index is 0.138. The predicted molar refractivity (Wildman–Crippen MR) is 52.2 cm³/mol. The highest BCUT2D eigenvalue weighted by Gasteiger charge is 2.13. The first-order valence-corrected chi connectivity index (χ1v) is 4.15. The first-order chi connectivity index (χ1) is 7.06. The van der Waals surface area contributed by atoms with E-state index in [0.29, 0.717) is 5.69 Å². The van der Waals surface area contributed by atoms with Crippen molar-refractivity contribution in [2.24, 2.45) is 16.6 Å². The van der Waals surface area contributed by atoms with E-state index in [1.165, 1.54) is 12.4 Å². The number of aromatic nitrogens is 2. The van der Waals surface area contributed by atoms with Gasteiger partial charge >= 0.3 is 0 Å². The largest absolute Gasteiger partial charge is 0.409 e. The smallest absolute Gasteiger partial charge is 0.226 e. The molecule has 0 aliphatic rings. The van der Waals surface area contributed by atoms with Crippen molar-refractivity contribution in [1.82, 2.24) is 9.97 Å². The van der Waals surface area contributed by atoms with Crippen molar-refractivity contribution in [3.63, 3.8) is 0 Å². The lowest BCUT2D eigenvalue weighted by Crippen LogP contribution is -2.21. The number of primary amides is 1. The molecule has 0 aromatic carbocycles. The van der Waals surface area contributed by atoms with Gasteiger partial charge in [0, 0.05) is 0 Å². The van der Waals surface area contributed by atoms with Crippen LogP contribution in [0.2, 0.25) is 0 Å². The van der Waals surface area contributed by atoms with Crippen molar-refractivity contribution in [3.8, 4) is 0 Å². The molecule has 1 aromatic rings. The Kier molecular flexibility index (Phi) is 3.17. The molecule has 80 valence electrons. The quantitative estimate of drug-likeness (QED) is 0.259. The maximum absolute atomic E-state index is 10.8. The number of hydrogen-bond acceptors (Lipinski definition) is 5. The van der Waals surface area contributed by atoms with E-state index >= 15 is 0 Å². The van der Waals surface area contributed by atoms with E-state index < -0.39 is 11.8 Å². The van der Waals surface area contributed by atoms with Crippen LogP contribution in [0.25, 0.3) is 0 Å². The summed E-state index contributed by atoms with van der Waals surface area (Å²) in [5.41, 5.74) is 11.1. The summed E-state index contributed by atoms with van der Waals surface area (Å²) < 4.78 is 0. The molecule has 1 aromatic heterocycles. The van der Waals surface area contributed by atoms with E-state index in [9.17, 15) is 4.79 Å². The maximum atomic E-state index is 10.8. The molecule has 1 rings (SSSR count). The number of hydrogen-bond donors (Lipinski definition) is 3. The van der Waals surface area contributed by atoms with Gasteiger partial charge in [0.1, 0.15) is 5.69 Å². The molecule has 0 radical (unpaired) electrons. The Morgan fingerprint density at radius 2 is 2.13 bits per heavy atom. The van der Waals surface area contributed by atoms with Crippen molar-refractivity contribution in [1.29, 1.82) is 0 Å². The number of oxime groups is 1. The fourth-order valence-corrected chi connectivity index (χ4v) is 0.891. The standard InChI is InChI=1S/C8H11N5O2/c1-4(8(10)14)5-2-12-6(3-11-5)7(9)13-15/h2-4,15H,1H3,(H2,9,13)(H2,10,14). The number of amides is 1. The van der Waals surface area contributed by atoms with Crippen LogP contribution in [-0.2, 0) is 4.79 Å². The SMILES string of the molecule is CC(C(N)=O)c1cnc(C(N)=NO)cn1. The molecule has 1 heterocycles. The van der Waals surface area contributed by atoms with Crippen LogP contribution < -0.4 is 11.5 Å². The molecular weight excluding hydrogens is 198 g/mol. The maximum Gasteiger partial charge on any atom is 0.226 e. The molecule has 0 aliphatic heterocycles. The normalized spacial score (nSPS) is 13.5. The van der Waals surface area contributed by atoms with E-state index in [1.807, 2.05) is 0 Å². The number of carbonyl (C=O) groups is 1. The lowest BCUT2D eigenvalue weighted by Gasteiger charge is -2.05. The zero-order chi connectivity index (χ0) is 11.4. The van der Waals surface area contributed by atoms with Gasteiger partial charge < -0.3 is 16.7 Å². The Morgan fingerprint density at radius 3 is 2.53 bits per heavy atom.